The molecule has 1 fully saturated rings. The van der Waals surface area contributed by atoms with Crippen LogP contribution in [0.25, 0.3) is 0 Å². The monoisotopic (exact) mass is 226 g/mol. The lowest BCUT2D eigenvalue weighted by atomic mass is 10.0. The number of nitrogens with zero attached hydrogens (tertiary/aromatic N) is 1. The summed E-state index contributed by atoms with van der Waals surface area (Å²) in [5, 5.41) is 7.05. The topological polar surface area (TPSA) is 15.3 Å². The van der Waals surface area contributed by atoms with Crippen LogP contribution in [0.3, 0.4) is 0 Å². The fourth-order valence-electron chi connectivity index (χ4n) is 1.78. The van der Waals surface area contributed by atoms with Crippen LogP contribution in [0.5, 0.6) is 0 Å². The Kier molecular flexibility index (Phi) is 4.61. The van der Waals surface area contributed by atoms with E-state index in [2.05, 4.69) is 41.6 Å². The molecule has 0 saturated carbocycles. The second-order valence-electron chi connectivity index (χ2n) is 4.18. The molecule has 0 atom stereocenters. The van der Waals surface area contributed by atoms with Gasteiger partial charge in [-0.05, 0) is 31.4 Å². The van der Waals surface area contributed by atoms with Gasteiger partial charge >= 0.3 is 0 Å². The zero-order valence-electron chi connectivity index (χ0n) is 10.2. The van der Waals surface area contributed by atoms with Gasteiger partial charge in [-0.1, -0.05) is 13.8 Å². The van der Waals surface area contributed by atoms with E-state index in [1.54, 1.807) is 0 Å². The molecule has 0 radical (unpaired) electrons. The van der Waals surface area contributed by atoms with Crippen LogP contribution in [-0.4, -0.2) is 25.2 Å². The first kappa shape index (κ1) is 12.5. The van der Waals surface area contributed by atoms with Crippen molar-refractivity contribution in [2.45, 2.75) is 33.2 Å². The Bertz CT molecular complexity index is 267. The molecule has 0 aromatic carbocycles. The molecule has 1 N–H and O–H groups in total. The van der Waals surface area contributed by atoms with E-state index < -0.39 is 0 Å². The lowest BCUT2D eigenvalue weighted by molar-refractivity contribution is 0.354. The van der Waals surface area contributed by atoms with Gasteiger partial charge in [0.2, 0.25) is 0 Å². The zero-order valence-corrected chi connectivity index (χ0v) is 11.0. The number of nitrogens with one attached hydrogen (secondary N) is 1. The second-order valence-corrected chi connectivity index (χ2v) is 5.11. The molecule has 3 heteroatoms. The van der Waals surface area contributed by atoms with E-state index in [9.17, 15) is 0 Å². The SMILES string of the molecule is CC.CC1(C)CN(c2cccs2)CCN1. The lowest BCUT2D eigenvalue weighted by Crippen LogP contribution is -2.57. The van der Waals surface area contributed by atoms with Crippen molar-refractivity contribution in [1.29, 1.82) is 0 Å². The summed E-state index contributed by atoms with van der Waals surface area (Å²) >= 11 is 1.83. The van der Waals surface area contributed by atoms with Crippen LogP contribution in [-0.2, 0) is 0 Å². The molecule has 0 unspecified atom stereocenters. The van der Waals surface area contributed by atoms with Crippen LogP contribution in [0, 0.1) is 0 Å². The molecule has 1 aromatic rings. The van der Waals surface area contributed by atoms with Gasteiger partial charge in [0, 0.05) is 25.2 Å². The Morgan fingerprint density at radius 3 is 2.67 bits per heavy atom. The highest BCUT2D eigenvalue weighted by Crippen LogP contribution is 2.24. The molecular weight excluding hydrogens is 204 g/mol. The van der Waals surface area contributed by atoms with Gasteiger partial charge in [-0.3, -0.25) is 0 Å². The molecule has 0 spiro atoms. The molecular formula is C12H22N2S. The Hall–Kier alpha value is -0.540. The number of piperazine rings is 1. The third-order valence-electron chi connectivity index (χ3n) is 2.39. The van der Waals surface area contributed by atoms with Crippen molar-refractivity contribution in [2.75, 3.05) is 24.5 Å². The predicted octanol–water partition coefficient (Wildman–Crippen LogP) is 2.96. The molecule has 2 nitrogen and oxygen atoms in total. The maximum atomic E-state index is 3.51. The van der Waals surface area contributed by atoms with E-state index in [-0.39, 0.29) is 5.54 Å². The average molecular weight is 226 g/mol. The van der Waals surface area contributed by atoms with Gasteiger partial charge < -0.3 is 10.2 Å². The van der Waals surface area contributed by atoms with E-state index >= 15 is 0 Å². The minimum absolute atomic E-state index is 0.252. The summed E-state index contributed by atoms with van der Waals surface area (Å²) in [7, 11) is 0. The molecule has 1 aromatic heterocycles. The molecule has 0 bridgehead atoms. The summed E-state index contributed by atoms with van der Waals surface area (Å²) in [4.78, 5) is 2.46. The minimum atomic E-state index is 0.252. The summed E-state index contributed by atoms with van der Waals surface area (Å²) in [6.45, 7) is 11.8. The van der Waals surface area contributed by atoms with Crippen LogP contribution in [0.1, 0.15) is 27.7 Å². The van der Waals surface area contributed by atoms with Gasteiger partial charge in [0.05, 0.1) is 5.00 Å². The molecule has 2 heterocycles. The Balaban J connectivity index is 0.000000531. The van der Waals surface area contributed by atoms with Crippen molar-refractivity contribution in [2.24, 2.45) is 0 Å². The van der Waals surface area contributed by atoms with Crippen LogP contribution >= 0.6 is 11.3 Å². The molecule has 0 amide bonds. The van der Waals surface area contributed by atoms with E-state index in [0.29, 0.717) is 0 Å². The minimum Gasteiger partial charge on any atom is -0.360 e. The van der Waals surface area contributed by atoms with Gasteiger partial charge in [0.25, 0.3) is 0 Å². The zero-order chi connectivity index (χ0) is 11.3. The summed E-state index contributed by atoms with van der Waals surface area (Å²) in [5.41, 5.74) is 0.252. The number of thiophene rings is 1. The summed E-state index contributed by atoms with van der Waals surface area (Å²) in [6, 6.07) is 4.32. The first-order valence-electron chi connectivity index (χ1n) is 5.71. The van der Waals surface area contributed by atoms with Crippen molar-refractivity contribution in [1.82, 2.24) is 5.32 Å². The molecule has 0 aliphatic carbocycles. The number of hydrogen-bond acceptors (Lipinski definition) is 3. The summed E-state index contributed by atoms with van der Waals surface area (Å²) < 4.78 is 0. The Morgan fingerprint density at radius 2 is 2.13 bits per heavy atom. The third-order valence-corrected chi connectivity index (χ3v) is 3.32. The number of hydrogen-bond donors (Lipinski definition) is 1. The fraction of sp³-hybridized carbons (Fsp3) is 0.667. The van der Waals surface area contributed by atoms with Gasteiger partial charge in [-0.2, -0.15) is 0 Å². The molecule has 1 aliphatic heterocycles. The maximum absolute atomic E-state index is 3.51. The molecule has 86 valence electrons. The first-order valence-corrected chi connectivity index (χ1v) is 6.59. The van der Waals surface area contributed by atoms with Gasteiger partial charge in [-0.15, -0.1) is 11.3 Å². The average Bonchev–Trinajstić information content (AvgIpc) is 2.72. The second kappa shape index (κ2) is 5.52. The van der Waals surface area contributed by atoms with Crippen LogP contribution in [0.4, 0.5) is 5.00 Å². The van der Waals surface area contributed by atoms with Crippen LogP contribution < -0.4 is 10.2 Å². The van der Waals surface area contributed by atoms with E-state index in [0.717, 1.165) is 19.6 Å². The predicted molar refractivity (Wildman–Crippen MR) is 70.0 cm³/mol. The van der Waals surface area contributed by atoms with Crippen LogP contribution in [0.2, 0.25) is 0 Å². The fourth-order valence-corrected chi connectivity index (χ4v) is 2.54. The number of anilines is 1. The van der Waals surface area contributed by atoms with Gasteiger partial charge in [-0.25, -0.2) is 0 Å². The largest absolute Gasteiger partial charge is 0.360 e. The van der Waals surface area contributed by atoms with Crippen molar-refractivity contribution in [3.05, 3.63) is 17.5 Å². The highest BCUT2D eigenvalue weighted by molar-refractivity contribution is 7.14. The smallest absolute Gasteiger partial charge is 0.0909 e. The standard InChI is InChI=1S/C10H16N2S.C2H6/c1-10(2)8-12(6-5-11-10)9-4-3-7-13-9;1-2/h3-4,7,11H,5-6,8H2,1-2H3;1-2H3. The molecule has 1 saturated heterocycles. The Morgan fingerprint density at radius 1 is 1.40 bits per heavy atom. The van der Waals surface area contributed by atoms with Crippen molar-refractivity contribution in [3.63, 3.8) is 0 Å². The summed E-state index contributed by atoms with van der Waals surface area (Å²) in [5.74, 6) is 0. The first-order chi connectivity index (χ1) is 7.17. The van der Waals surface area contributed by atoms with Crippen LogP contribution in [0.15, 0.2) is 17.5 Å². The van der Waals surface area contributed by atoms with E-state index in [1.165, 1.54) is 5.00 Å². The number of rotatable bonds is 1. The maximum Gasteiger partial charge on any atom is 0.0909 e. The molecule has 1 aliphatic rings. The van der Waals surface area contributed by atoms with Crippen molar-refractivity contribution in [3.8, 4) is 0 Å². The van der Waals surface area contributed by atoms with Crippen molar-refractivity contribution < 1.29 is 0 Å². The quantitative estimate of drug-likeness (QED) is 0.792. The highest BCUT2D eigenvalue weighted by atomic mass is 32.1. The van der Waals surface area contributed by atoms with E-state index in [4.69, 9.17) is 0 Å². The van der Waals surface area contributed by atoms with E-state index in [1.807, 2.05) is 25.2 Å². The Labute approximate surface area is 97.3 Å². The lowest BCUT2D eigenvalue weighted by Gasteiger charge is -2.39. The van der Waals surface area contributed by atoms with Gasteiger partial charge in [0.15, 0.2) is 0 Å². The summed E-state index contributed by atoms with van der Waals surface area (Å²) in [6.07, 6.45) is 0. The highest BCUT2D eigenvalue weighted by Gasteiger charge is 2.25. The molecule has 2 rings (SSSR count). The van der Waals surface area contributed by atoms with Crippen molar-refractivity contribution >= 4 is 16.3 Å². The normalized spacial score (nSPS) is 19.3. The third kappa shape index (κ3) is 3.50. The molecule has 15 heavy (non-hydrogen) atoms. The van der Waals surface area contributed by atoms with Gasteiger partial charge in [0.1, 0.15) is 0 Å².